The Kier molecular flexibility index (Phi) is 4.43. The molecule has 5 unspecified atom stereocenters. The molecule has 2 saturated heterocycles. The molecule has 148 valence electrons. The number of rotatable bonds is 8. The summed E-state index contributed by atoms with van der Waals surface area (Å²) >= 11 is 0. The summed E-state index contributed by atoms with van der Waals surface area (Å²) in [6.07, 6.45) is 9.24. The van der Waals surface area contributed by atoms with Gasteiger partial charge in [-0.1, -0.05) is 13.8 Å². The van der Waals surface area contributed by atoms with E-state index in [1.165, 1.54) is 44.9 Å². The largest absolute Gasteiger partial charge is 0.380 e. The van der Waals surface area contributed by atoms with Crippen molar-refractivity contribution in [2.24, 2.45) is 28.6 Å². The number of fused-ring (bicyclic) bond motifs is 5. The SMILES string of the molecule is CCC1(COC2CC3C4CCC(OCC5(CC)COC5)(C4)C3C2)COC1. The van der Waals surface area contributed by atoms with Crippen LogP contribution in [0, 0.1) is 28.6 Å². The molecule has 0 aromatic rings. The molecule has 2 heterocycles. The number of hydrogen-bond acceptors (Lipinski definition) is 4. The molecule has 3 saturated carbocycles. The van der Waals surface area contributed by atoms with Crippen molar-refractivity contribution in [2.75, 3.05) is 39.6 Å². The van der Waals surface area contributed by atoms with Crippen molar-refractivity contribution in [2.45, 2.75) is 70.5 Å². The van der Waals surface area contributed by atoms with Gasteiger partial charge in [-0.2, -0.15) is 0 Å². The first-order chi connectivity index (χ1) is 12.6. The molecule has 2 aliphatic heterocycles. The van der Waals surface area contributed by atoms with E-state index >= 15 is 0 Å². The number of hydrogen-bond donors (Lipinski definition) is 0. The van der Waals surface area contributed by atoms with Crippen LogP contribution in [0.4, 0.5) is 0 Å². The van der Waals surface area contributed by atoms with Gasteiger partial charge in [-0.05, 0) is 62.7 Å². The normalized spacial score (nSPS) is 44.5. The van der Waals surface area contributed by atoms with Crippen molar-refractivity contribution in [1.82, 2.24) is 0 Å². The van der Waals surface area contributed by atoms with Crippen LogP contribution >= 0.6 is 0 Å². The molecular weight excluding hydrogens is 328 g/mol. The van der Waals surface area contributed by atoms with Gasteiger partial charge in [-0.15, -0.1) is 0 Å². The minimum atomic E-state index is 0.160. The van der Waals surface area contributed by atoms with Gasteiger partial charge >= 0.3 is 0 Å². The molecule has 5 aliphatic rings. The average molecular weight is 365 g/mol. The third kappa shape index (κ3) is 2.70. The second-order valence-corrected chi connectivity index (χ2v) is 10.2. The minimum absolute atomic E-state index is 0.160. The van der Waals surface area contributed by atoms with Gasteiger partial charge in [0.25, 0.3) is 0 Å². The van der Waals surface area contributed by atoms with E-state index in [4.69, 9.17) is 18.9 Å². The van der Waals surface area contributed by atoms with E-state index in [-0.39, 0.29) is 5.60 Å². The lowest BCUT2D eigenvalue weighted by Gasteiger charge is -2.44. The zero-order chi connectivity index (χ0) is 17.8. The first-order valence-corrected chi connectivity index (χ1v) is 11.0. The molecule has 0 spiro atoms. The summed E-state index contributed by atoms with van der Waals surface area (Å²) < 4.78 is 24.2. The molecule has 5 rings (SSSR count). The average Bonchev–Trinajstić information content (AvgIpc) is 3.24. The summed E-state index contributed by atoms with van der Waals surface area (Å²) in [6, 6.07) is 0. The van der Waals surface area contributed by atoms with Gasteiger partial charge in [0.05, 0.1) is 51.3 Å². The van der Waals surface area contributed by atoms with Crippen molar-refractivity contribution < 1.29 is 18.9 Å². The fraction of sp³-hybridized carbons (Fsp3) is 1.00. The van der Waals surface area contributed by atoms with Crippen LogP contribution in [0.3, 0.4) is 0 Å². The molecule has 0 aromatic heterocycles. The summed E-state index contributed by atoms with van der Waals surface area (Å²) in [5, 5.41) is 0. The van der Waals surface area contributed by atoms with Crippen molar-refractivity contribution in [3.63, 3.8) is 0 Å². The molecular formula is C22H36O4. The number of ether oxygens (including phenoxy) is 4. The van der Waals surface area contributed by atoms with Crippen molar-refractivity contribution in [3.8, 4) is 0 Å². The van der Waals surface area contributed by atoms with E-state index in [1.807, 2.05) is 0 Å². The van der Waals surface area contributed by atoms with Crippen molar-refractivity contribution in [3.05, 3.63) is 0 Å². The molecule has 0 N–H and O–H groups in total. The second-order valence-electron chi connectivity index (χ2n) is 10.2. The molecule has 4 nitrogen and oxygen atoms in total. The predicted molar refractivity (Wildman–Crippen MR) is 99.1 cm³/mol. The zero-order valence-electron chi connectivity index (χ0n) is 16.6. The smallest absolute Gasteiger partial charge is 0.0717 e. The maximum absolute atomic E-state index is 6.79. The van der Waals surface area contributed by atoms with Gasteiger partial charge < -0.3 is 18.9 Å². The lowest BCUT2D eigenvalue weighted by atomic mass is 9.78. The molecule has 5 atom stereocenters. The van der Waals surface area contributed by atoms with Gasteiger partial charge in [0.2, 0.25) is 0 Å². The van der Waals surface area contributed by atoms with Crippen molar-refractivity contribution in [1.29, 1.82) is 0 Å². The topological polar surface area (TPSA) is 36.9 Å². The summed E-state index contributed by atoms with van der Waals surface area (Å²) in [6.45, 7) is 9.91. The second kappa shape index (κ2) is 6.43. The first-order valence-electron chi connectivity index (χ1n) is 11.0. The third-order valence-electron chi connectivity index (χ3n) is 8.82. The fourth-order valence-electron chi connectivity index (χ4n) is 6.45. The van der Waals surface area contributed by atoms with Crippen LogP contribution in [0.2, 0.25) is 0 Å². The van der Waals surface area contributed by atoms with Crippen LogP contribution in [0.25, 0.3) is 0 Å². The van der Waals surface area contributed by atoms with Crippen LogP contribution < -0.4 is 0 Å². The van der Waals surface area contributed by atoms with Gasteiger partial charge in [-0.3, -0.25) is 0 Å². The Labute approximate surface area is 158 Å². The van der Waals surface area contributed by atoms with E-state index in [2.05, 4.69) is 13.8 Å². The highest BCUT2D eigenvalue weighted by molar-refractivity contribution is 5.12. The molecule has 5 fully saturated rings. The molecule has 4 heteroatoms. The van der Waals surface area contributed by atoms with E-state index in [1.54, 1.807) is 0 Å². The van der Waals surface area contributed by atoms with E-state index < -0.39 is 0 Å². The quantitative estimate of drug-likeness (QED) is 0.656. The molecule has 2 bridgehead atoms. The molecule has 26 heavy (non-hydrogen) atoms. The van der Waals surface area contributed by atoms with Crippen LogP contribution in [-0.4, -0.2) is 51.3 Å². The maximum atomic E-state index is 6.79. The Morgan fingerprint density at radius 2 is 1.62 bits per heavy atom. The van der Waals surface area contributed by atoms with Gasteiger partial charge in [-0.25, -0.2) is 0 Å². The van der Waals surface area contributed by atoms with Crippen LogP contribution in [0.15, 0.2) is 0 Å². The van der Waals surface area contributed by atoms with E-state index in [9.17, 15) is 0 Å². The van der Waals surface area contributed by atoms with Crippen LogP contribution in [0.1, 0.15) is 58.8 Å². The molecule has 0 amide bonds. The molecule has 3 aliphatic carbocycles. The Morgan fingerprint density at radius 1 is 0.923 bits per heavy atom. The highest BCUT2D eigenvalue weighted by Crippen LogP contribution is 2.63. The predicted octanol–water partition coefficient (Wildman–Crippen LogP) is 3.82. The van der Waals surface area contributed by atoms with Crippen LogP contribution in [-0.2, 0) is 18.9 Å². The Morgan fingerprint density at radius 3 is 2.23 bits per heavy atom. The molecule has 0 radical (unpaired) electrons. The standard InChI is InChI=1S/C22H36O4/c1-3-20(10-23-11-20)14-25-17-7-18-16-5-6-22(9-16,19(18)8-17)26-15-21(4-2)12-24-13-21/h16-19H,3-15H2,1-2H3. The van der Waals surface area contributed by atoms with Gasteiger partial charge in [0.15, 0.2) is 0 Å². The van der Waals surface area contributed by atoms with Crippen molar-refractivity contribution >= 4 is 0 Å². The Hall–Kier alpha value is -0.160. The first kappa shape index (κ1) is 17.9. The van der Waals surface area contributed by atoms with E-state index in [0.29, 0.717) is 16.9 Å². The summed E-state index contributed by atoms with van der Waals surface area (Å²) in [4.78, 5) is 0. The van der Waals surface area contributed by atoms with Gasteiger partial charge in [0.1, 0.15) is 0 Å². The minimum Gasteiger partial charge on any atom is -0.380 e. The fourth-order valence-corrected chi connectivity index (χ4v) is 6.45. The lowest BCUT2D eigenvalue weighted by Crippen LogP contribution is -2.49. The lowest BCUT2D eigenvalue weighted by molar-refractivity contribution is -0.190. The third-order valence-corrected chi connectivity index (χ3v) is 8.82. The Bertz CT molecular complexity index is 515. The summed E-state index contributed by atoms with van der Waals surface area (Å²) in [7, 11) is 0. The summed E-state index contributed by atoms with van der Waals surface area (Å²) in [5.74, 6) is 2.46. The Balaban J connectivity index is 1.20. The van der Waals surface area contributed by atoms with E-state index in [0.717, 1.165) is 57.4 Å². The highest BCUT2D eigenvalue weighted by atomic mass is 16.5. The maximum Gasteiger partial charge on any atom is 0.0717 e. The zero-order valence-corrected chi connectivity index (χ0v) is 16.6. The molecule has 0 aromatic carbocycles. The summed E-state index contributed by atoms with van der Waals surface area (Å²) in [5.41, 5.74) is 0.771. The monoisotopic (exact) mass is 364 g/mol. The van der Waals surface area contributed by atoms with Crippen LogP contribution in [0.5, 0.6) is 0 Å². The highest BCUT2D eigenvalue weighted by Gasteiger charge is 2.62. The van der Waals surface area contributed by atoms with Gasteiger partial charge in [0, 0.05) is 10.8 Å².